The Kier molecular flexibility index (Phi) is 8.92. The van der Waals surface area contributed by atoms with Crippen molar-refractivity contribution in [2.45, 2.75) is 44.8 Å². The molecule has 33 heavy (non-hydrogen) atoms. The molecule has 2 aliphatic rings. The number of benzene rings is 1. The number of ketones is 1. The molecule has 7 heteroatoms. The minimum atomic E-state index is -0.00205. The summed E-state index contributed by atoms with van der Waals surface area (Å²) in [6.07, 6.45) is 4.17. The smallest absolute Gasteiger partial charge is 0.317 e. The van der Waals surface area contributed by atoms with E-state index < -0.39 is 0 Å². The van der Waals surface area contributed by atoms with E-state index >= 15 is 0 Å². The highest BCUT2D eigenvalue weighted by Crippen LogP contribution is 2.37. The van der Waals surface area contributed by atoms with E-state index in [-0.39, 0.29) is 23.8 Å². The molecule has 3 atom stereocenters. The molecule has 1 aliphatic heterocycles. The van der Waals surface area contributed by atoms with Gasteiger partial charge in [-0.05, 0) is 45.3 Å². The monoisotopic (exact) mass is 455 g/mol. The first kappa shape index (κ1) is 25.2. The van der Waals surface area contributed by atoms with E-state index in [1.54, 1.807) is 0 Å². The Morgan fingerprint density at radius 2 is 1.85 bits per heavy atom. The average Bonchev–Trinajstić information content (AvgIpc) is 2.75. The largest absolute Gasteiger partial charge is 0.383 e. The molecule has 0 radical (unpaired) electrons. The van der Waals surface area contributed by atoms with Gasteiger partial charge in [0.05, 0.1) is 0 Å². The SMILES string of the molecule is CCN(CCN(C)C)C(=O)N[C@H]1C[C@@H]2CC(=O)C(=CN(C)C)C[C@H]2N(Cc2ccccc2)C1. The molecule has 2 fully saturated rings. The van der Waals surface area contributed by atoms with Gasteiger partial charge in [0, 0.05) is 77.1 Å². The Labute approximate surface area is 199 Å². The molecule has 3 rings (SSSR count). The summed E-state index contributed by atoms with van der Waals surface area (Å²) in [7, 11) is 7.98. The summed E-state index contributed by atoms with van der Waals surface area (Å²) >= 11 is 0. The van der Waals surface area contributed by atoms with E-state index in [2.05, 4.69) is 39.4 Å². The maximum absolute atomic E-state index is 13.0. The van der Waals surface area contributed by atoms with Gasteiger partial charge in [0.2, 0.25) is 0 Å². The number of hydrogen-bond donors (Lipinski definition) is 1. The topological polar surface area (TPSA) is 59.1 Å². The fourth-order valence-electron chi connectivity index (χ4n) is 5.07. The van der Waals surface area contributed by atoms with Crippen molar-refractivity contribution in [2.24, 2.45) is 5.92 Å². The van der Waals surface area contributed by atoms with Crippen LogP contribution in [0, 0.1) is 5.92 Å². The molecule has 1 aromatic rings. The summed E-state index contributed by atoms with van der Waals surface area (Å²) in [5.74, 6) is 0.509. The van der Waals surface area contributed by atoms with Gasteiger partial charge in [-0.2, -0.15) is 0 Å². The normalized spacial score (nSPS) is 24.6. The summed E-state index contributed by atoms with van der Waals surface area (Å²) < 4.78 is 0. The molecular weight excluding hydrogens is 414 g/mol. The number of Topliss-reactive ketones (excluding diaryl/α,β-unsaturated/α-hetero) is 1. The lowest BCUT2D eigenvalue weighted by atomic mass is 9.74. The highest BCUT2D eigenvalue weighted by atomic mass is 16.2. The molecule has 1 aromatic carbocycles. The molecule has 1 aliphatic carbocycles. The Balaban J connectivity index is 1.75. The molecule has 1 heterocycles. The zero-order chi connectivity index (χ0) is 24.0. The lowest BCUT2D eigenvalue weighted by Gasteiger charge is -2.47. The molecule has 1 N–H and O–H groups in total. The van der Waals surface area contributed by atoms with E-state index in [9.17, 15) is 9.59 Å². The van der Waals surface area contributed by atoms with Crippen molar-refractivity contribution in [3.05, 3.63) is 47.7 Å². The van der Waals surface area contributed by atoms with Gasteiger partial charge >= 0.3 is 6.03 Å². The van der Waals surface area contributed by atoms with Crippen LogP contribution in [0.25, 0.3) is 0 Å². The quantitative estimate of drug-likeness (QED) is 0.611. The maximum Gasteiger partial charge on any atom is 0.317 e. The fraction of sp³-hybridized carbons (Fsp3) is 0.615. The standard InChI is InChI=1S/C26H41N5O2/c1-6-30(13-12-28(2)3)26(33)27-23-14-21-16-25(32)22(18-29(4)5)15-24(21)31(19-23)17-20-10-8-7-9-11-20/h7-11,18,21,23-24H,6,12-17,19H2,1-5H3,(H,27,33)/t21-,23+,24-/m1/s1. The minimum Gasteiger partial charge on any atom is -0.383 e. The average molecular weight is 456 g/mol. The number of nitrogens with zero attached hydrogens (tertiary/aromatic N) is 4. The molecule has 0 aromatic heterocycles. The van der Waals surface area contributed by atoms with Crippen LogP contribution in [0.3, 0.4) is 0 Å². The number of rotatable bonds is 8. The number of amides is 2. The van der Waals surface area contributed by atoms with Gasteiger partial charge in [-0.25, -0.2) is 4.79 Å². The molecule has 0 bridgehead atoms. The summed E-state index contributed by atoms with van der Waals surface area (Å²) in [5, 5.41) is 3.29. The summed E-state index contributed by atoms with van der Waals surface area (Å²) in [6.45, 7) is 5.88. The summed E-state index contributed by atoms with van der Waals surface area (Å²) in [5.41, 5.74) is 2.18. The Morgan fingerprint density at radius 1 is 1.12 bits per heavy atom. The number of carbonyl (C=O) groups is 2. The highest BCUT2D eigenvalue weighted by Gasteiger charge is 2.42. The number of piperidine rings is 1. The first-order valence-corrected chi connectivity index (χ1v) is 12.1. The van der Waals surface area contributed by atoms with Crippen LogP contribution in [-0.2, 0) is 11.3 Å². The van der Waals surface area contributed by atoms with Gasteiger partial charge in [0.1, 0.15) is 0 Å². The molecule has 1 saturated carbocycles. The summed E-state index contributed by atoms with van der Waals surface area (Å²) in [6, 6.07) is 10.8. The van der Waals surface area contributed by atoms with Crippen molar-refractivity contribution in [2.75, 3.05) is 54.4 Å². The second kappa shape index (κ2) is 11.7. The predicted molar refractivity (Wildman–Crippen MR) is 133 cm³/mol. The van der Waals surface area contributed by atoms with Gasteiger partial charge in [0.15, 0.2) is 5.78 Å². The van der Waals surface area contributed by atoms with E-state index in [1.807, 2.05) is 57.2 Å². The molecular formula is C26H41N5O2. The molecule has 1 saturated heterocycles. The first-order chi connectivity index (χ1) is 15.8. The summed E-state index contributed by atoms with van der Waals surface area (Å²) in [4.78, 5) is 34.3. The van der Waals surface area contributed by atoms with Crippen LogP contribution in [0.4, 0.5) is 4.79 Å². The minimum absolute atomic E-state index is 0.00205. The fourth-order valence-corrected chi connectivity index (χ4v) is 5.07. The zero-order valence-corrected chi connectivity index (χ0v) is 21.0. The first-order valence-electron chi connectivity index (χ1n) is 12.1. The maximum atomic E-state index is 13.0. The number of hydrogen-bond acceptors (Lipinski definition) is 5. The lowest BCUT2D eigenvalue weighted by Crippen LogP contribution is -2.58. The Hall–Kier alpha value is -2.38. The van der Waals surface area contributed by atoms with Gasteiger partial charge in [-0.3, -0.25) is 9.69 Å². The second-order valence-electron chi connectivity index (χ2n) is 9.96. The van der Waals surface area contributed by atoms with Crippen molar-refractivity contribution < 1.29 is 9.59 Å². The van der Waals surface area contributed by atoms with Crippen LogP contribution < -0.4 is 5.32 Å². The van der Waals surface area contributed by atoms with Crippen LogP contribution in [0.2, 0.25) is 0 Å². The molecule has 182 valence electrons. The van der Waals surface area contributed by atoms with Crippen molar-refractivity contribution in [1.29, 1.82) is 0 Å². The highest BCUT2D eigenvalue weighted by molar-refractivity contribution is 5.96. The van der Waals surface area contributed by atoms with Crippen LogP contribution in [0.15, 0.2) is 42.1 Å². The van der Waals surface area contributed by atoms with Gasteiger partial charge in [-0.15, -0.1) is 0 Å². The number of carbonyl (C=O) groups excluding carboxylic acids is 2. The van der Waals surface area contributed by atoms with Crippen molar-refractivity contribution in [3.8, 4) is 0 Å². The van der Waals surface area contributed by atoms with Gasteiger partial charge in [0.25, 0.3) is 0 Å². The Bertz CT molecular complexity index is 823. The van der Waals surface area contributed by atoms with E-state index in [0.29, 0.717) is 25.6 Å². The van der Waals surface area contributed by atoms with Crippen molar-refractivity contribution in [3.63, 3.8) is 0 Å². The van der Waals surface area contributed by atoms with Crippen LogP contribution >= 0.6 is 0 Å². The molecule has 0 spiro atoms. The predicted octanol–water partition coefficient (Wildman–Crippen LogP) is 2.65. The number of likely N-dealkylation sites (N-methyl/N-ethyl adjacent to an activating group) is 2. The van der Waals surface area contributed by atoms with Crippen molar-refractivity contribution >= 4 is 11.8 Å². The van der Waals surface area contributed by atoms with Crippen LogP contribution in [0.5, 0.6) is 0 Å². The van der Waals surface area contributed by atoms with Crippen molar-refractivity contribution in [1.82, 2.24) is 24.9 Å². The third-order valence-electron chi connectivity index (χ3n) is 6.75. The molecule has 7 nitrogen and oxygen atoms in total. The van der Waals surface area contributed by atoms with E-state index in [0.717, 1.165) is 38.0 Å². The third-order valence-corrected chi connectivity index (χ3v) is 6.75. The van der Waals surface area contributed by atoms with Gasteiger partial charge < -0.3 is 20.0 Å². The Morgan fingerprint density at radius 3 is 2.48 bits per heavy atom. The van der Waals surface area contributed by atoms with Gasteiger partial charge in [-0.1, -0.05) is 30.3 Å². The zero-order valence-electron chi connectivity index (χ0n) is 21.0. The molecule has 0 unspecified atom stereocenters. The second-order valence-corrected chi connectivity index (χ2v) is 9.96. The van der Waals surface area contributed by atoms with E-state index in [4.69, 9.17) is 0 Å². The molecule has 2 amide bonds. The number of fused-ring (bicyclic) bond motifs is 1. The van der Waals surface area contributed by atoms with Crippen LogP contribution in [-0.4, -0.2) is 97.9 Å². The third kappa shape index (κ3) is 7.05. The van der Waals surface area contributed by atoms with Crippen LogP contribution in [0.1, 0.15) is 31.7 Å². The number of nitrogens with one attached hydrogen (secondary N) is 1. The lowest BCUT2D eigenvalue weighted by molar-refractivity contribution is -0.120. The van der Waals surface area contributed by atoms with E-state index in [1.165, 1.54) is 5.56 Å². The number of likely N-dealkylation sites (tertiary alicyclic amines) is 1. The number of urea groups is 1.